The van der Waals surface area contributed by atoms with E-state index in [4.69, 9.17) is 5.73 Å². The number of nitrogens with two attached hydrogens (primary N) is 1. The summed E-state index contributed by atoms with van der Waals surface area (Å²) in [5.41, 5.74) is 5.63. The molecule has 1 fully saturated rings. The third-order valence-corrected chi connectivity index (χ3v) is 3.89. The first-order valence-electron chi connectivity index (χ1n) is 7.01. The van der Waals surface area contributed by atoms with Crippen LogP contribution in [0.25, 0.3) is 0 Å². The minimum atomic E-state index is -0.333. The van der Waals surface area contributed by atoms with E-state index in [-0.39, 0.29) is 23.3 Å². The molecule has 1 rings (SSSR count). The molecule has 4 N–H and O–H groups in total. The highest BCUT2D eigenvalue weighted by Crippen LogP contribution is 2.31. The summed E-state index contributed by atoms with van der Waals surface area (Å²) in [4.78, 5) is 12.1. The summed E-state index contributed by atoms with van der Waals surface area (Å²) in [5.74, 6) is 0.587. The second kappa shape index (κ2) is 6.53. The molecular weight excluding hydrogens is 228 g/mol. The van der Waals surface area contributed by atoms with Crippen molar-refractivity contribution in [3.63, 3.8) is 0 Å². The summed E-state index contributed by atoms with van der Waals surface area (Å²) in [6, 6.07) is 0. The third kappa shape index (κ3) is 4.58. The van der Waals surface area contributed by atoms with Gasteiger partial charge in [-0.25, -0.2) is 0 Å². The van der Waals surface area contributed by atoms with E-state index >= 15 is 0 Å². The molecule has 1 amide bonds. The van der Waals surface area contributed by atoms with Gasteiger partial charge in [0.15, 0.2) is 0 Å². The van der Waals surface area contributed by atoms with Crippen molar-refractivity contribution in [1.29, 1.82) is 0 Å². The number of carbonyl (C=O) groups is 1. The predicted octanol–water partition coefficient (Wildman–Crippen LogP) is 1.27. The minimum absolute atomic E-state index is 0.0688. The Labute approximate surface area is 110 Å². The maximum atomic E-state index is 12.1. The molecule has 4 nitrogen and oxygen atoms in total. The number of hydrogen-bond acceptors (Lipinski definition) is 3. The molecule has 0 bridgehead atoms. The summed E-state index contributed by atoms with van der Waals surface area (Å²) >= 11 is 0. The highest BCUT2D eigenvalue weighted by Gasteiger charge is 2.32. The van der Waals surface area contributed by atoms with Crippen LogP contribution in [0.4, 0.5) is 0 Å². The van der Waals surface area contributed by atoms with E-state index in [1.165, 1.54) is 0 Å². The molecule has 1 saturated carbocycles. The molecule has 1 unspecified atom stereocenters. The molecule has 0 aromatic rings. The Bertz CT molecular complexity index is 277. The van der Waals surface area contributed by atoms with Crippen LogP contribution in [0.15, 0.2) is 0 Å². The van der Waals surface area contributed by atoms with E-state index in [2.05, 4.69) is 19.2 Å². The Morgan fingerprint density at radius 1 is 1.50 bits per heavy atom. The van der Waals surface area contributed by atoms with Gasteiger partial charge in [-0.05, 0) is 44.1 Å². The smallest absolute Gasteiger partial charge is 0.223 e. The van der Waals surface area contributed by atoms with Crippen LogP contribution in [0.2, 0.25) is 0 Å². The first-order valence-corrected chi connectivity index (χ1v) is 7.01. The summed E-state index contributed by atoms with van der Waals surface area (Å²) in [6.45, 7) is 7.13. The Morgan fingerprint density at radius 3 is 2.72 bits per heavy atom. The van der Waals surface area contributed by atoms with Crippen molar-refractivity contribution in [2.75, 3.05) is 13.1 Å². The molecule has 0 aliphatic heterocycles. The summed E-state index contributed by atoms with van der Waals surface area (Å²) in [7, 11) is 0. The average Bonchev–Trinajstić information content (AvgIpc) is 2.72. The van der Waals surface area contributed by atoms with Crippen molar-refractivity contribution in [3.05, 3.63) is 0 Å². The zero-order valence-corrected chi connectivity index (χ0v) is 11.9. The zero-order chi connectivity index (χ0) is 13.8. The molecule has 1 aliphatic carbocycles. The Hall–Kier alpha value is -0.610. The number of nitrogens with one attached hydrogen (secondary N) is 1. The van der Waals surface area contributed by atoms with Crippen LogP contribution < -0.4 is 11.1 Å². The maximum Gasteiger partial charge on any atom is 0.223 e. The van der Waals surface area contributed by atoms with E-state index < -0.39 is 0 Å². The van der Waals surface area contributed by atoms with Crippen LogP contribution >= 0.6 is 0 Å². The van der Waals surface area contributed by atoms with Gasteiger partial charge < -0.3 is 16.2 Å². The number of aliphatic hydroxyl groups is 1. The van der Waals surface area contributed by atoms with Gasteiger partial charge in [0.05, 0.1) is 6.10 Å². The first-order chi connectivity index (χ1) is 8.35. The molecule has 0 heterocycles. The Balaban J connectivity index is 2.41. The predicted molar refractivity (Wildman–Crippen MR) is 73.0 cm³/mol. The number of aliphatic hydroxyl groups excluding tert-OH is 1. The maximum absolute atomic E-state index is 12.1. The molecular formula is C14H28N2O2. The van der Waals surface area contributed by atoms with Crippen molar-refractivity contribution >= 4 is 5.91 Å². The van der Waals surface area contributed by atoms with Gasteiger partial charge in [0.1, 0.15) is 0 Å². The van der Waals surface area contributed by atoms with Gasteiger partial charge in [0, 0.05) is 12.5 Å². The summed E-state index contributed by atoms with van der Waals surface area (Å²) in [6.07, 6.45) is 3.51. The average molecular weight is 256 g/mol. The molecule has 0 aromatic carbocycles. The number of amides is 1. The second-order valence-corrected chi connectivity index (χ2v) is 6.47. The van der Waals surface area contributed by atoms with Crippen LogP contribution in [0, 0.1) is 17.3 Å². The molecule has 3 atom stereocenters. The largest absolute Gasteiger partial charge is 0.393 e. The summed E-state index contributed by atoms with van der Waals surface area (Å²) < 4.78 is 0. The lowest BCUT2D eigenvalue weighted by Crippen LogP contribution is -2.40. The van der Waals surface area contributed by atoms with Crippen LogP contribution in [0.3, 0.4) is 0 Å². The quantitative estimate of drug-likeness (QED) is 0.670. The molecule has 4 heteroatoms. The zero-order valence-electron chi connectivity index (χ0n) is 11.9. The van der Waals surface area contributed by atoms with E-state index in [9.17, 15) is 9.90 Å². The molecule has 106 valence electrons. The van der Waals surface area contributed by atoms with E-state index in [1.54, 1.807) is 6.92 Å². The Kier molecular flexibility index (Phi) is 5.60. The number of rotatable bonds is 6. The van der Waals surface area contributed by atoms with Gasteiger partial charge in [-0.3, -0.25) is 4.79 Å². The lowest BCUT2D eigenvalue weighted by Gasteiger charge is -2.27. The molecule has 0 saturated heterocycles. The lowest BCUT2D eigenvalue weighted by atomic mass is 9.86. The van der Waals surface area contributed by atoms with E-state index in [0.717, 1.165) is 19.3 Å². The van der Waals surface area contributed by atoms with Crippen LogP contribution in [0.5, 0.6) is 0 Å². The Morgan fingerprint density at radius 2 is 2.17 bits per heavy atom. The fourth-order valence-electron chi connectivity index (χ4n) is 2.99. The van der Waals surface area contributed by atoms with Crippen molar-refractivity contribution in [2.24, 2.45) is 23.0 Å². The topological polar surface area (TPSA) is 75.3 Å². The number of hydrogen-bond donors (Lipinski definition) is 3. The molecule has 0 spiro atoms. The SMILES string of the molecule is CC(O)CC(C)(C)CNC(=O)[C@@H]1CCC[C@@H]1CN. The van der Waals surface area contributed by atoms with Gasteiger partial charge in [-0.15, -0.1) is 0 Å². The molecule has 0 radical (unpaired) electrons. The van der Waals surface area contributed by atoms with E-state index in [0.29, 0.717) is 25.4 Å². The number of carbonyl (C=O) groups excluding carboxylic acids is 1. The monoisotopic (exact) mass is 256 g/mol. The first kappa shape index (κ1) is 15.4. The normalized spacial score (nSPS) is 26.1. The van der Waals surface area contributed by atoms with E-state index in [1.807, 2.05) is 0 Å². The van der Waals surface area contributed by atoms with Crippen LogP contribution in [0.1, 0.15) is 46.5 Å². The third-order valence-electron chi connectivity index (χ3n) is 3.89. The fourth-order valence-corrected chi connectivity index (χ4v) is 2.99. The van der Waals surface area contributed by atoms with Gasteiger partial charge in [0.25, 0.3) is 0 Å². The van der Waals surface area contributed by atoms with Crippen molar-refractivity contribution in [1.82, 2.24) is 5.32 Å². The van der Waals surface area contributed by atoms with Crippen LogP contribution in [-0.2, 0) is 4.79 Å². The highest BCUT2D eigenvalue weighted by molar-refractivity contribution is 5.79. The molecule has 1 aliphatic rings. The molecule has 0 aromatic heterocycles. The standard InChI is InChI=1S/C14H28N2O2/c1-10(17)7-14(2,3)9-16-13(18)12-6-4-5-11(12)8-15/h10-12,17H,4-9,15H2,1-3H3,(H,16,18)/t10?,11-,12-/m1/s1. The highest BCUT2D eigenvalue weighted by atomic mass is 16.3. The van der Waals surface area contributed by atoms with Gasteiger partial charge in [0.2, 0.25) is 5.91 Å². The van der Waals surface area contributed by atoms with Crippen molar-refractivity contribution in [2.45, 2.75) is 52.6 Å². The molecule has 18 heavy (non-hydrogen) atoms. The summed E-state index contributed by atoms with van der Waals surface area (Å²) in [5, 5.41) is 12.4. The fraction of sp³-hybridized carbons (Fsp3) is 0.929. The van der Waals surface area contributed by atoms with Gasteiger partial charge >= 0.3 is 0 Å². The second-order valence-electron chi connectivity index (χ2n) is 6.47. The van der Waals surface area contributed by atoms with Crippen LogP contribution in [-0.4, -0.2) is 30.2 Å². The lowest BCUT2D eigenvalue weighted by molar-refractivity contribution is -0.126. The van der Waals surface area contributed by atoms with Crippen molar-refractivity contribution < 1.29 is 9.90 Å². The van der Waals surface area contributed by atoms with Gasteiger partial charge in [-0.1, -0.05) is 20.3 Å². The van der Waals surface area contributed by atoms with Gasteiger partial charge in [-0.2, -0.15) is 0 Å². The van der Waals surface area contributed by atoms with Crippen molar-refractivity contribution in [3.8, 4) is 0 Å². The minimum Gasteiger partial charge on any atom is -0.393 e.